The molecular formula is C16H20N6O3S. The molecule has 1 atom stereocenters. The van der Waals surface area contributed by atoms with Crippen LogP contribution >= 0.6 is 11.3 Å². The van der Waals surface area contributed by atoms with Crippen LogP contribution in [-0.2, 0) is 34.0 Å². The number of ether oxygens (including phenoxy) is 1. The van der Waals surface area contributed by atoms with E-state index in [1.165, 1.54) is 16.2 Å². The van der Waals surface area contributed by atoms with Crippen molar-refractivity contribution in [3.63, 3.8) is 0 Å². The van der Waals surface area contributed by atoms with E-state index in [2.05, 4.69) is 20.5 Å². The standard InChI is InChI=1S/C16H20N6O3S/c1-25-9-13-20-21-16(26-13)22-8-11(5-14(22)23)15(24)19-7-12-4-10(6-17)2-3-18-12/h2-4,11H,5-9,17H2,1H3,(H,19,24). The van der Waals surface area contributed by atoms with Crippen LogP contribution in [-0.4, -0.2) is 40.7 Å². The highest BCUT2D eigenvalue weighted by Crippen LogP contribution is 2.28. The van der Waals surface area contributed by atoms with Gasteiger partial charge in [-0.25, -0.2) is 0 Å². The number of nitrogens with one attached hydrogen (secondary N) is 1. The van der Waals surface area contributed by atoms with Gasteiger partial charge in [0.25, 0.3) is 0 Å². The van der Waals surface area contributed by atoms with Crippen LogP contribution in [0.1, 0.15) is 22.7 Å². The number of carbonyl (C=O) groups excluding carboxylic acids is 2. The van der Waals surface area contributed by atoms with Crippen molar-refractivity contribution >= 4 is 28.3 Å². The SMILES string of the molecule is COCc1nnc(N2CC(C(=O)NCc3cc(CN)ccn3)CC2=O)s1. The van der Waals surface area contributed by atoms with Crippen LogP contribution in [0, 0.1) is 5.92 Å². The molecule has 2 aromatic heterocycles. The molecule has 26 heavy (non-hydrogen) atoms. The molecule has 3 N–H and O–H groups in total. The monoisotopic (exact) mass is 376 g/mol. The lowest BCUT2D eigenvalue weighted by Gasteiger charge is -2.12. The molecular weight excluding hydrogens is 356 g/mol. The Bertz CT molecular complexity index is 796. The first-order valence-electron chi connectivity index (χ1n) is 8.14. The van der Waals surface area contributed by atoms with Gasteiger partial charge in [-0.2, -0.15) is 0 Å². The number of nitrogens with two attached hydrogens (primary N) is 1. The minimum Gasteiger partial charge on any atom is -0.377 e. The van der Waals surface area contributed by atoms with Crippen LogP contribution in [0.5, 0.6) is 0 Å². The third-order valence-corrected chi connectivity index (χ3v) is 4.93. The van der Waals surface area contributed by atoms with Crippen LogP contribution in [0.15, 0.2) is 18.3 Å². The molecule has 2 aromatic rings. The van der Waals surface area contributed by atoms with Crippen molar-refractivity contribution in [1.29, 1.82) is 0 Å². The summed E-state index contributed by atoms with van der Waals surface area (Å²) in [5.74, 6) is -0.731. The number of aromatic nitrogens is 3. The summed E-state index contributed by atoms with van der Waals surface area (Å²) < 4.78 is 5.01. The second kappa shape index (κ2) is 8.30. The average molecular weight is 376 g/mol. The van der Waals surface area contributed by atoms with Gasteiger partial charge in [-0.15, -0.1) is 10.2 Å². The van der Waals surface area contributed by atoms with Crippen molar-refractivity contribution in [2.75, 3.05) is 18.6 Å². The van der Waals surface area contributed by atoms with E-state index >= 15 is 0 Å². The highest BCUT2D eigenvalue weighted by atomic mass is 32.1. The van der Waals surface area contributed by atoms with Gasteiger partial charge in [0.05, 0.1) is 18.2 Å². The quantitative estimate of drug-likeness (QED) is 0.708. The number of carbonyl (C=O) groups is 2. The van der Waals surface area contributed by atoms with E-state index in [0.29, 0.717) is 36.4 Å². The average Bonchev–Trinajstić information content (AvgIpc) is 3.26. The maximum Gasteiger partial charge on any atom is 0.229 e. The molecule has 0 aromatic carbocycles. The van der Waals surface area contributed by atoms with Gasteiger partial charge in [0, 0.05) is 32.8 Å². The van der Waals surface area contributed by atoms with E-state index in [9.17, 15) is 9.59 Å². The maximum absolute atomic E-state index is 12.4. The lowest BCUT2D eigenvalue weighted by molar-refractivity contribution is -0.126. The van der Waals surface area contributed by atoms with Crippen LogP contribution in [0.25, 0.3) is 0 Å². The largest absolute Gasteiger partial charge is 0.377 e. The summed E-state index contributed by atoms with van der Waals surface area (Å²) in [6.07, 6.45) is 1.82. The van der Waals surface area contributed by atoms with Crippen LogP contribution in [0.2, 0.25) is 0 Å². The van der Waals surface area contributed by atoms with Crippen molar-refractivity contribution in [1.82, 2.24) is 20.5 Å². The van der Waals surface area contributed by atoms with Crippen LogP contribution in [0.3, 0.4) is 0 Å². The van der Waals surface area contributed by atoms with Gasteiger partial charge in [0.2, 0.25) is 16.9 Å². The number of nitrogens with zero attached hydrogens (tertiary/aromatic N) is 4. The number of amides is 2. The van der Waals surface area contributed by atoms with Gasteiger partial charge >= 0.3 is 0 Å². The van der Waals surface area contributed by atoms with E-state index in [4.69, 9.17) is 10.5 Å². The van der Waals surface area contributed by atoms with E-state index in [1.54, 1.807) is 13.3 Å². The van der Waals surface area contributed by atoms with E-state index < -0.39 is 5.92 Å². The van der Waals surface area contributed by atoms with Gasteiger partial charge in [-0.05, 0) is 17.7 Å². The summed E-state index contributed by atoms with van der Waals surface area (Å²) in [4.78, 5) is 30.4. The van der Waals surface area contributed by atoms with Crippen molar-refractivity contribution in [2.45, 2.75) is 26.1 Å². The molecule has 0 saturated carbocycles. The Labute approximate surface area is 154 Å². The van der Waals surface area contributed by atoms with Crippen molar-refractivity contribution < 1.29 is 14.3 Å². The Hall–Kier alpha value is -2.43. The molecule has 1 saturated heterocycles. The maximum atomic E-state index is 12.4. The molecule has 2 amide bonds. The molecule has 1 aliphatic heterocycles. The molecule has 3 rings (SSSR count). The van der Waals surface area contributed by atoms with Crippen molar-refractivity contribution in [2.24, 2.45) is 11.7 Å². The third-order valence-electron chi connectivity index (χ3n) is 4.01. The van der Waals surface area contributed by atoms with Crippen LogP contribution < -0.4 is 16.0 Å². The van der Waals surface area contributed by atoms with E-state index in [1.807, 2.05) is 12.1 Å². The molecule has 138 valence electrons. The van der Waals surface area contributed by atoms with E-state index in [-0.39, 0.29) is 18.2 Å². The summed E-state index contributed by atoms with van der Waals surface area (Å²) in [6.45, 7) is 1.36. The zero-order valence-corrected chi connectivity index (χ0v) is 15.2. The lowest BCUT2D eigenvalue weighted by atomic mass is 10.1. The second-order valence-electron chi connectivity index (χ2n) is 5.89. The molecule has 1 unspecified atom stereocenters. The van der Waals surface area contributed by atoms with Crippen molar-refractivity contribution in [3.05, 3.63) is 34.6 Å². The van der Waals surface area contributed by atoms with Crippen LogP contribution in [0.4, 0.5) is 5.13 Å². The molecule has 0 radical (unpaired) electrons. The minimum absolute atomic E-state index is 0.131. The lowest BCUT2D eigenvalue weighted by Crippen LogP contribution is -2.32. The first-order chi connectivity index (χ1) is 12.6. The summed E-state index contributed by atoms with van der Waals surface area (Å²) in [5.41, 5.74) is 7.29. The Morgan fingerprint density at radius 1 is 1.50 bits per heavy atom. The Kier molecular flexibility index (Phi) is 5.86. The third kappa shape index (κ3) is 4.21. The van der Waals surface area contributed by atoms with Gasteiger partial charge in [-0.3, -0.25) is 19.5 Å². The topological polar surface area (TPSA) is 123 Å². The first kappa shape index (κ1) is 18.4. The smallest absolute Gasteiger partial charge is 0.229 e. The molecule has 1 fully saturated rings. The Morgan fingerprint density at radius 2 is 2.35 bits per heavy atom. The minimum atomic E-state index is -0.421. The number of methoxy groups -OCH3 is 1. The zero-order valence-electron chi connectivity index (χ0n) is 14.3. The number of hydrogen-bond acceptors (Lipinski definition) is 8. The fourth-order valence-electron chi connectivity index (χ4n) is 2.68. The number of pyridine rings is 1. The molecule has 1 aliphatic rings. The normalized spacial score (nSPS) is 16.9. The van der Waals surface area contributed by atoms with Crippen molar-refractivity contribution in [3.8, 4) is 0 Å². The summed E-state index contributed by atoms with van der Waals surface area (Å²) in [5, 5.41) is 12.0. The summed E-state index contributed by atoms with van der Waals surface area (Å²) in [7, 11) is 1.57. The van der Waals surface area contributed by atoms with Gasteiger partial charge in [0.15, 0.2) is 0 Å². The second-order valence-corrected chi connectivity index (χ2v) is 6.93. The fourth-order valence-corrected chi connectivity index (χ4v) is 3.51. The molecule has 10 heteroatoms. The molecule has 0 spiro atoms. The summed E-state index contributed by atoms with van der Waals surface area (Å²) in [6, 6.07) is 3.68. The zero-order chi connectivity index (χ0) is 18.5. The van der Waals surface area contributed by atoms with Gasteiger partial charge in [-0.1, -0.05) is 11.3 Å². The number of anilines is 1. The van der Waals surface area contributed by atoms with Gasteiger partial charge < -0.3 is 15.8 Å². The Balaban J connectivity index is 1.57. The fraction of sp³-hybridized carbons (Fsp3) is 0.438. The predicted molar refractivity (Wildman–Crippen MR) is 95.1 cm³/mol. The Morgan fingerprint density at radius 3 is 3.12 bits per heavy atom. The first-order valence-corrected chi connectivity index (χ1v) is 8.95. The number of rotatable bonds is 7. The molecule has 0 bridgehead atoms. The van der Waals surface area contributed by atoms with Gasteiger partial charge in [0.1, 0.15) is 11.6 Å². The highest BCUT2D eigenvalue weighted by molar-refractivity contribution is 7.15. The molecule has 0 aliphatic carbocycles. The number of hydrogen-bond donors (Lipinski definition) is 2. The van der Waals surface area contributed by atoms with E-state index in [0.717, 1.165) is 11.3 Å². The predicted octanol–water partition coefficient (Wildman–Crippen LogP) is 0.208. The highest BCUT2D eigenvalue weighted by Gasteiger charge is 2.36. The molecule has 9 nitrogen and oxygen atoms in total. The summed E-state index contributed by atoms with van der Waals surface area (Å²) >= 11 is 1.29. The molecule has 3 heterocycles.